The van der Waals surface area contributed by atoms with Gasteiger partial charge in [-0.05, 0) is 12.1 Å². The zero-order chi connectivity index (χ0) is 18.5. The van der Waals surface area contributed by atoms with Crippen molar-refractivity contribution < 1.29 is 19.4 Å². The Morgan fingerprint density at radius 1 is 1.35 bits per heavy atom. The summed E-state index contributed by atoms with van der Waals surface area (Å²) in [6, 6.07) is 8.02. The number of hydrogen-bond acceptors (Lipinski definition) is 7. The molecular weight excluding hydrogens is 358 g/mol. The van der Waals surface area contributed by atoms with E-state index in [1.54, 1.807) is 29.2 Å². The second kappa shape index (κ2) is 8.24. The Morgan fingerprint density at radius 2 is 2.08 bits per heavy atom. The number of aromatic nitrogens is 2. The lowest BCUT2D eigenvalue weighted by Crippen LogP contribution is -2.41. The van der Waals surface area contributed by atoms with Crippen molar-refractivity contribution in [3.8, 4) is 17.3 Å². The zero-order valence-electron chi connectivity index (χ0n) is 14.3. The molecule has 0 bridgehead atoms. The summed E-state index contributed by atoms with van der Waals surface area (Å²) in [5, 5.41) is 9.95. The van der Waals surface area contributed by atoms with Gasteiger partial charge in [-0.15, -0.1) is 0 Å². The van der Waals surface area contributed by atoms with Gasteiger partial charge < -0.3 is 19.5 Å². The van der Waals surface area contributed by atoms with Crippen LogP contribution in [-0.4, -0.2) is 64.6 Å². The van der Waals surface area contributed by atoms with Crippen LogP contribution in [0, 0.1) is 0 Å². The van der Waals surface area contributed by atoms with Gasteiger partial charge in [-0.1, -0.05) is 23.9 Å². The Kier molecular flexibility index (Phi) is 5.79. The van der Waals surface area contributed by atoms with Gasteiger partial charge >= 0.3 is 0 Å². The molecule has 1 aliphatic heterocycles. The van der Waals surface area contributed by atoms with Crippen LogP contribution in [-0.2, 0) is 9.53 Å². The molecule has 1 aliphatic rings. The van der Waals surface area contributed by atoms with Crippen molar-refractivity contribution in [1.82, 2.24) is 14.5 Å². The minimum Gasteiger partial charge on any atom is -0.495 e. The molecular formula is C17H19N3O5S. The first-order valence-electron chi connectivity index (χ1n) is 8.05. The number of aromatic hydroxyl groups is 1. The van der Waals surface area contributed by atoms with Crippen LogP contribution in [0.25, 0.3) is 5.69 Å². The largest absolute Gasteiger partial charge is 0.495 e. The first kappa shape index (κ1) is 18.3. The van der Waals surface area contributed by atoms with Gasteiger partial charge in [0.2, 0.25) is 11.8 Å². The number of thioether (sulfide) groups is 1. The summed E-state index contributed by atoms with van der Waals surface area (Å²) in [6.45, 7) is 2.14. The second-order valence-electron chi connectivity index (χ2n) is 5.52. The van der Waals surface area contributed by atoms with Gasteiger partial charge in [0.1, 0.15) is 5.75 Å². The van der Waals surface area contributed by atoms with Crippen LogP contribution in [0.5, 0.6) is 11.6 Å². The third kappa shape index (κ3) is 4.00. The van der Waals surface area contributed by atoms with E-state index in [-0.39, 0.29) is 22.7 Å². The topological polar surface area (TPSA) is 93.9 Å². The fourth-order valence-electron chi connectivity index (χ4n) is 2.61. The van der Waals surface area contributed by atoms with Crippen LogP contribution in [0.2, 0.25) is 0 Å². The maximum absolute atomic E-state index is 12.5. The highest BCUT2D eigenvalue weighted by molar-refractivity contribution is 7.99. The van der Waals surface area contributed by atoms with Gasteiger partial charge in [-0.3, -0.25) is 14.2 Å². The SMILES string of the molecule is COc1ccccc1-n1c(SCC(=O)N2CCOCC2)nc(O)cc1=O. The molecule has 8 nitrogen and oxygen atoms in total. The highest BCUT2D eigenvalue weighted by atomic mass is 32.2. The number of benzene rings is 1. The average molecular weight is 377 g/mol. The van der Waals surface area contributed by atoms with Crippen LogP contribution < -0.4 is 10.3 Å². The van der Waals surface area contributed by atoms with E-state index < -0.39 is 5.56 Å². The van der Waals surface area contributed by atoms with Crippen molar-refractivity contribution in [1.29, 1.82) is 0 Å². The molecule has 26 heavy (non-hydrogen) atoms. The Bertz CT molecular complexity index is 849. The minimum absolute atomic E-state index is 0.0672. The Labute approximate surface area is 154 Å². The average Bonchev–Trinajstić information content (AvgIpc) is 2.66. The number of methoxy groups -OCH3 is 1. The molecule has 1 aromatic heterocycles. The summed E-state index contributed by atoms with van der Waals surface area (Å²) in [5.74, 6) is 0.138. The van der Waals surface area contributed by atoms with E-state index in [0.717, 1.165) is 17.8 Å². The first-order chi connectivity index (χ1) is 12.6. The van der Waals surface area contributed by atoms with Gasteiger partial charge in [-0.25, -0.2) is 0 Å². The molecule has 0 saturated carbocycles. The highest BCUT2D eigenvalue weighted by Gasteiger charge is 2.20. The zero-order valence-corrected chi connectivity index (χ0v) is 15.1. The summed E-state index contributed by atoms with van der Waals surface area (Å²) < 4.78 is 11.9. The van der Waals surface area contributed by atoms with Crippen LogP contribution in [0.15, 0.2) is 40.3 Å². The van der Waals surface area contributed by atoms with E-state index in [2.05, 4.69) is 4.98 Å². The third-order valence-electron chi connectivity index (χ3n) is 3.89. The van der Waals surface area contributed by atoms with Crippen molar-refractivity contribution in [3.63, 3.8) is 0 Å². The fraction of sp³-hybridized carbons (Fsp3) is 0.353. The number of rotatable bonds is 5. The molecule has 0 radical (unpaired) electrons. The number of carbonyl (C=O) groups excluding carboxylic acids is 1. The summed E-state index contributed by atoms with van der Waals surface area (Å²) in [5.41, 5.74) is 0.0390. The minimum atomic E-state index is -0.455. The summed E-state index contributed by atoms with van der Waals surface area (Å²) in [6.07, 6.45) is 0. The fourth-order valence-corrected chi connectivity index (χ4v) is 3.52. The lowest BCUT2D eigenvalue weighted by molar-refractivity contribution is -0.132. The van der Waals surface area contributed by atoms with E-state index in [1.807, 2.05) is 0 Å². The number of nitrogens with zero attached hydrogens (tertiary/aromatic N) is 3. The molecule has 0 unspecified atom stereocenters. The van der Waals surface area contributed by atoms with Crippen molar-refractivity contribution in [3.05, 3.63) is 40.7 Å². The standard InChI is InChI=1S/C17H19N3O5S/c1-24-13-5-3-2-4-12(13)20-15(22)10-14(21)18-17(20)26-11-16(23)19-6-8-25-9-7-19/h2-5,10,21H,6-9,11H2,1H3. The van der Waals surface area contributed by atoms with Crippen LogP contribution in [0.4, 0.5) is 0 Å². The molecule has 0 atom stereocenters. The molecule has 1 amide bonds. The normalized spacial score (nSPS) is 14.3. The second-order valence-corrected chi connectivity index (χ2v) is 6.47. The monoisotopic (exact) mass is 377 g/mol. The van der Waals surface area contributed by atoms with Crippen molar-refractivity contribution in [2.24, 2.45) is 0 Å². The first-order valence-corrected chi connectivity index (χ1v) is 9.03. The molecule has 1 saturated heterocycles. The molecule has 138 valence electrons. The molecule has 2 aromatic rings. The molecule has 0 spiro atoms. The molecule has 1 aromatic carbocycles. The Hall–Kier alpha value is -2.52. The maximum Gasteiger partial charge on any atom is 0.262 e. The van der Waals surface area contributed by atoms with Gasteiger partial charge in [0.05, 0.1) is 37.8 Å². The molecule has 9 heteroatoms. The number of amides is 1. The predicted molar refractivity (Wildman–Crippen MR) is 96.2 cm³/mol. The van der Waals surface area contributed by atoms with Crippen LogP contribution in [0.3, 0.4) is 0 Å². The lowest BCUT2D eigenvalue weighted by Gasteiger charge is -2.26. The van der Waals surface area contributed by atoms with E-state index in [4.69, 9.17) is 9.47 Å². The maximum atomic E-state index is 12.5. The van der Waals surface area contributed by atoms with Gasteiger partial charge in [0.15, 0.2) is 5.16 Å². The van der Waals surface area contributed by atoms with Crippen molar-refractivity contribution >= 4 is 17.7 Å². The third-order valence-corrected chi connectivity index (χ3v) is 4.81. The number of hydrogen-bond donors (Lipinski definition) is 1. The van der Waals surface area contributed by atoms with E-state index >= 15 is 0 Å². The van der Waals surface area contributed by atoms with E-state index in [1.165, 1.54) is 11.7 Å². The molecule has 1 fully saturated rings. The smallest absolute Gasteiger partial charge is 0.262 e. The number of carbonyl (C=O) groups is 1. The Morgan fingerprint density at radius 3 is 2.81 bits per heavy atom. The van der Waals surface area contributed by atoms with Crippen LogP contribution in [0.1, 0.15) is 0 Å². The predicted octanol–water partition coefficient (Wildman–Crippen LogP) is 0.898. The van der Waals surface area contributed by atoms with E-state index in [9.17, 15) is 14.7 Å². The summed E-state index contributed by atoms with van der Waals surface area (Å²) >= 11 is 1.10. The molecule has 2 heterocycles. The number of para-hydroxylation sites is 2. The van der Waals surface area contributed by atoms with Crippen molar-refractivity contribution in [2.45, 2.75) is 5.16 Å². The van der Waals surface area contributed by atoms with Crippen LogP contribution >= 0.6 is 11.8 Å². The molecule has 1 N–H and O–H groups in total. The molecule has 3 rings (SSSR count). The highest BCUT2D eigenvalue weighted by Crippen LogP contribution is 2.26. The quantitative estimate of drug-likeness (QED) is 0.611. The Balaban J connectivity index is 1.89. The summed E-state index contributed by atoms with van der Waals surface area (Å²) in [4.78, 5) is 30.6. The number of morpholine rings is 1. The summed E-state index contributed by atoms with van der Waals surface area (Å²) in [7, 11) is 1.51. The van der Waals surface area contributed by atoms with Gasteiger partial charge in [-0.2, -0.15) is 4.98 Å². The van der Waals surface area contributed by atoms with Gasteiger partial charge in [0, 0.05) is 13.1 Å². The van der Waals surface area contributed by atoms with Gasteiger partial charge in [0.25, 0.3) is 5.56 Å². The lowest BCUT2D eigenvalue weighted by atomic mass is 10.3. The number of ether oxygens (including phenoxy) is 2. The van der Waals surface area contributed by atoms with E-state index in [0.29, 0.717) is 37.7 Å². The van der Waals surface area contributed by atoms with Crippen molar-refractivity contribution in [2.75, 3.05) is 39.2 Å². The molecule has 0 aliphatic carbocycles.